The molecule has 0 amide bonds. The average molecular weight is 369 g/mol. The summed E-state index contributed by atoms with van der Waals surface area (Å²) in [5.74, 6) is -0.784. The maximum absolute atomic E-state index is 12.4. The van der Waals surface area contributed by atoms with E-state index in [-0.39, 0.29) is 3.57 Å². The molecule has 0 spiro atoms. The second-order valence-corrected chi connectivity index (χ2v) is 3.97. The Labute approximate surface area is 106 Å². The Hall–Kier alpha value is -0.710. The van der Waals surface area contributed by atoms with Crippen LogP contribution in [0.25, 0.3) is 0 Å². The molecule has 0 aliphatic rings. The molecule has 0 atom stereocenters. The third kappa shape index (κ3) is 3.91. The number of aliphatic hydroxyl groups excluding tert-OH is 1. The van der Waals surface area contributed by atoms with Crippen LogP contribution in [0, 0.1) is 3.57 Å². The molecule has 17 heavy (non-hydrogen) atoms. The summed E-state index contributed by atoms with van der Waals surface area (Å²) in [7, 11) is 0. The van der Waals surface area contributed by atoms with Crippen LogP contribution in [0.4, 0.5) is 22.0 Å². The van der Waals surface area contributed by atoms with Crippen LogP contribution in [0.2, 0.25) is 0 Å². The highest BCUT2D eigenvalue weighted by Crippen LogP contribution is 2.31. The first-order valence-electron chi connectivity index (χ1n) is 4.08. The Bertz CT molecular complexity index is 410. The molecule has 1 heterocycles. The highest BCUT2D eigenvalue weighted by Gasteiger charge is 2.33. The molecule has 0 aromatic carbocycles. The van der Waals surface area contributed by atoms with Crippen molar-refractivity contribution in [2.45, 2.75) is 19.4 Å². The van der Waals surface area contributed by atoms with E-state index in [9.17, 15) is 22.0 Å². The van der Waals surface area contributed by atoms with Crippen molar-refractivity contribution in [2.24, 2.45) is 0 Å². The van der Waals surface area contributed by atoms with Crippen LogP contribution in [0.3, 0.4) is 0 Å². The monoisotopic (exact) mass is 369 g/mol. The van der Waals surface area contributed by atoms with Crippen molar-refractivity contribution in [1.29, 1.82) is 0 Å². The predicted molar refractivity (Wildman–Crippen MR) is 54.5 cm³/mol. The number of hydrogen-bond donors (Lipinski definition) is 1. The van der Waals surface area contributed by atoms with Crippen molar-refractivity contribution < 1.29 is 31.8 Å². The number of aromatic nitrogens is 1. The number of ether oxygens (including phenoxy) is 1. The van der Waals surface area contributed by atoms with Gasteiger partial charge in [0, 0.05) is 3.57 Å². The fourth-order valence-corrected chi connectivity index (χ4v) is 1.64. The summed E-state index contributed by atoms with van der Waals surface area (Å²) < 4.78 is 64.1. The van der Waals surface area contributed by atoms with E-state index in [1.807, 2.05) is 0 Å². The van der Waals surface area contributed by atoms with Crippen molar-refractivity contribution in [2.75, 3.05) is 0 Å². The van der Waals surface area contributed by atoms with Gasteiger partial charge in [-0.25, -0.2) is 13.8 Å². The van der Waals surface area contributed by atoms with E-state index >= 15 is 0 Å². The maximum atomic E-state index is 12.4. The third-order valence-electron chi connectivity index (χ3n) is 1.62. The molecule has 0 unspecified atom stereocenters. The number of aliphatic hydroxyl groups is 1. The van der Waals surface area contributed by atoms with E-state index in [1.165, 1.54) is 22.6 Å². The second-order valence-electron chi connectivity index (χ2n) is 2.81. The van der Waals surface area contributed by atoms with Gasteiger partial charge in [0.1, 0.15) is 11.4 Å². The van der Waals surface area contributed by atoms with E-state index in [0.717, 1.165) is 6.07 Å². The molecule has 96 valence electrons. The number of pyridine rings is 1. The van der Waals surface area contributed by atoms with Crippen LogP contribution in [-0.4, -0.2) is 16.5 Å². The van der Waals surface area contributed by atoms with E-state index in [0.29, 0.717) is 0 Å². The molecule has 1 N–H and O–H groups in total. The molecule has 9 heteroatoms. The van der Waals surface area contributed by atoms with E-state index in [1.54, 1.807) is 0 Å². The minimum Gasteiger partial charge on any atom is -0.404 e. The number of hydrogen-bond acceptors (Lipinski definition) is 3. The van der Waals surface area contributed by atoms with Gasteiger partial charge >= 0.3 is 6.36 Å². The zero-order chi connectivity index (χ0) is 13.2. The van der Waals surface area contributed by atoms with Gasteiger partial charge in [-0.05, 0) is 28.7 Å². The minimum absolute atomic E-state index is 0.172. The van der Waals surface area contributed by atoms with Gasteiger partial charge in [-0.2, -0.15) is 0 Å². The topological polar surface area (TPSA) is 42.4 Å². The second kappa shape index (κ2) is 5.29. The normalized spacial score (nSPS) is 12.0. The Morgan fingerprint density at radius 2 is 2.00 bits per heavy atom. The average Bonchev–Trinajstić information content (AvgIpc) is 2.14. The summed E-state index contributed by atoms with van der Waals surface area (Å²) in [6.07, 6.45) is -7.91. The minimum atomic E-state index is -4.97. The first kappa shape index (κ1) is 14.4. The summed E-state index contributed by atoms with van der Waals surface area (Å²) in [6.45, 7) is -0.929. The standard InChI is InChI=1S/C8H5F5INO2/c9-7(10)6-3(14)1-5(4(2-16)15-6)17-8(11,12)13/h1,7,16H,2H2. The summed E-state index contributed by atoms with van der Waals surface area (Å²) in [6, 6.07) is 0.758. The molecule has 1 aromatic heterocycles. The van der Waals surface area contributed by atoms with Gasteiger partial charge in [-0.1, -0.05) is 0 Å². The molecule has 0 aliphatic carbocycles. The van der Waals surface area contributed by atoms with Gasteiger partial charge < -0.3 is 9.84 Å². The molecular formula is C8H5F5INO2. The highest BCUT2D eigenvalue weighted by molar-refractivity contribution is 14.1. The van der Waals surface area contributed by atoms with Crippen LogP contribution < -0.4 is 4.74 Å². The van der Waals surface area contributed by atoms with Crippen molar-refractivity contribution in [3.8, 4) is 5.75 Å². The molecule has 0 saturated heterocycles. The highest BCUT2D eigenvalue weighted by atomic mass is 127. The van der Waals surface area contributed by atoms with Crippen molar-refractivity contribution >= 4 is 22.6 Å². The molecule has 0 bridgehead atoms. The van der Waals surface area contributed by atoms with Crippen LogP contribution in [0.1, 0.15) is 17.8 Å². The quantitative estimate of drug-likeness (QED) is 0.658. The molecule has 0 aliphatic heterocycles. The smallest absolute Gasteiger partial charge is 0.404 e. The van der Waals surface area contributed by atoms with Gasteiger partial charge in [-0.3, -0.25) is 0 Å². The zero-order valence-corrected chi connectivity index (χ0v) is 10.1. The fraction of sp³-hybridized carbons (Fsp3) is 0.375. The SMILES string of the molecule is OCc1nc(C(F)F)c(I)cc1OC(F)(F)F. The summed E-state index contributed by atoms with van der Waals surface area (Å²) in [5, 5.41) is 8.76. The Morgan fingerprint density at radius 3 is 2.41 bits per heavy atom. The summed E-state index contributed by atoms with van der Waals surface area (Å²) in [4.78, 5) is 3.24. The Morgan fingerprint density at radius 1 is 1.41 bits per heavy atom. The summed E-state index contributed by atoms with van der Waals surface area (Å²) in [5.41, 5.74) is -1.28. The predicted octanol–water partition coefficient (Wildman–Crippen LogP) is 3.01. The molecule has 0 saturated carbocycles. The van der Waals surface area contributed by atoms with Crippen LogP contribution >= 0.6 is 22.6 Å². The zero-order valence-electron chi connectivity index (χ0n) is 7.93. The largest absolute Gasteiger partial charge is 0.573 e. The van der Waals surface area contributed by atoms with Gasteiger partial charge in [0.15, 0.2) is 5.75 Å². The van der Waals surface area contributed by atoms with Crippen molar-refractivity contribution in [3.63, 3.8) is 0 Å². The van der Waals surface area contributed by atoms with E-state index in [2.05, 4.69) is 9.72 Å². The molecule has 1 aromatic rings. The lowest BCUT2D eigenvalue weighted by Gasteiger charge is -2.13. The first-order chi connectivity index (χ1) is 7.74. The Kier molecular flexibility index (Phi) is 4.47. The summed E-state index contributed by atoms with van der Waals surface area (Å²) >= 11 is 1.41. The van der Waals surface area contributed by atoms with Crippen molar-refractivity contribution in [3.05, 3.63) is 21.0 Å². The lowest BCUT2D eigenvalue weighted by atomic mass is 10.3. The molecule has 3 nitrogen and oxygen atoms in total. The van der Waals surface area contributed by atoms with Crippen LogP contribution in [0.5, 0.6) is 5.75 Å². The van der Waals surface area contributed by atoms with E-state index < -0.39 is 36.5 Å². The number of alkyl halides is 5. The number of halogens is 6. The van der Waals surface area contributed by atoms with Gasteiger partial charge in [0.05, 0.1) is 6.61 Å². The van der Waals surface area contributed by atoms with Crippen LogP contribution in [-0.2, 0) is 6.61 Å². The van der Waals surface area contributed by atoms with Crippen LogP contribution in [0.15, 0.2) is 6.07 Å². The Balaban J connectivity index is 3.19. The van der Waals surface area contributed by atoms with E-state index in [4.69, 9.17) is 5.11 Å². The fourth-order valence-electron chi connectivity index (χ4n) is 1.01. The first-order valence-corrected chi connectivity index (χ1v) is 5.16. The molecule has 0 fully saturated rings. The lowest BCUT2D eigenvalue weighted by molar-refractivity contribution is -0.275. The molecular weight excluding hydrogens is 364 g/mol. The molecule has 0 radical (unpaired) electrons. The van der Waals surface area contributed by atoms with Gasteiger partial charge in [0.25, 0.3) is 6.43 Å². The van der Waals surface area contributed by atoms with Crippen molar-refractivity contribution in [1.82, 2.24) is 4.98 Å². The number of rotatable bonds is 3. The van der Waals surface area contributed by atoms with Gasteiger partial charge in [-0.15, -0.1) is 13.2 Å². The third-order valence-corrected chi connectivity index (χ3v) is 2.49. The lowest BCUT2D eigenvalue weighted by Crippen LogP contribution is -2.19. The van der Waals surface area contributed by atoms with Gasteiger partial charge in [0.2, 0.25) is 0 Å². The molecule has 1 rings (SSSR count). The maximum Gasteiger partial charge on any atom is 0.573 e. The number of nitrogens with zero attached hydrogens (tertiary/aromatic N) is 1.